The van der Waals surface area contributed by atoms with Crippen molar-refractivity contribution >= 4 is 73.0 Å². The first-order valence-corrected chi connectivity index (χ1v) is 27.2. The van der Waals surface area contributed by atoms with Gasteiger partial charge in [-0.15, -0.1) is 0 Å². The van der Waals surface area contributed by atoms with Crippen LogP contribution in [0.15, 0.2) is 67.3 Å². The molecule has 5 atom stereocenters. The minimum absolute atomic E-state index is 0.0158. The number of carboxylic acid groups (broad SMARTS) is 1. The van der Waals surface area contributed by atoms with Crippen molar-refractivity contribution in [1.29, 1.82) is 0 Å². The van der Waals surface area contributed by atoms with Gasteiger partial charge in [0.25, 0.3) is 5.91 Å². The number of hydrogen-bond acceptors (Lipinski definition) is 16. The predicted octanol–water partition coefficient (Wildman–Crippen LogP) is 4.20. The van der Waals surface area contributed by atoms with Crippen molar-refractivity contribution in [2.24, 2.45) is 0 Å². The van der Waals surface area contributed by atoms with Gasteiger partial charge >= 0.3 is 27.7 Å². The molecule has 2 aromatic heterocycles. The second kappa shape index (κ2) is 19.9. The number of nitrogens with one attached hydrogen (secondary N) is 2. The zero-order chi connectivity index (χ0) is 55.0. The molecule has 9 rings (SSSR count). The number of amides is 2. The number of rotatable bonds is 15. The monoisotopic (exact) mass is 1090 g/mol. The standard InChI is InChI=1S/C50H57N9O15P2/c1-9-58-34-18-36-32(16-29(34)25(3)20-49(58,5)6)39(33-17-30-26(4)21-50(7,8)59(10-2)35(30)19-37(33)71-36)28-12-11-27(15-31(28)47(62)63)45(61)52-13-14-53-48(64)73-42-41(60)38(22-70-76(68,69)74-75(65,66)67)72-46(42)57-24-56-40-43(51)54-23-55-44(40)57/h11-12,15-21,23-24,38,41-42,46,60H,9-10,13-14,22H2,1-8H3,(H7-,51,52,53,54,55,61,62,63,64,65,66,67,68,69)/p+1/t38-,41-,42-,46-/m1/s1. The van der Waals surface area contributed by atoms with Gasteiger partial charge in [0, 0.05) is 78.3 Å². The van der Waals surface area contributed by atoms with Gasteiger partial charge in [-0.05, 0) is 88.6 Å². The number of anilines is 2. The number of nitrogens with two attached hydrogens (primary N) is 1. The Bertz CT molecular complexity index is 3550. The molecule has 4 aliphatic rings. The van der Waals surface area contributed by atoms with Crippen LogP contribution in [-0.4, -0.2) is 125 Å². The number of ether oxygens (including phenoxy) is 3. The molecule has 0 spiro atoms. The molecule has 6 heterocycles. The topological polar surface area (TPSA) is 333 Å². The number of nitrogen functional groups attached to an aromatic ring is 1. The second-order valence-electron chi connectivity index (χ2n) is 19.8. The fourth-order valence-electron chi connectivity index (χ4n) is 10.8. The lowest BCUT2D eigenvalue weighted by atomic mass is 9.83. The number of allylic oxidation sites excluding steroid dienone is 2. The highest BCUT2D eigenvalue weighted by molar-refractivity contribution is 7.60. The molecule has 26 heteroatoms. The Labute approximate surface area is 435 Å². The number of phosphoric acid groups is 2. The third-order valence-electron chi connectivity index (χ3n) is 13.8. The third kappa shape index (κ3) is 10.1. The van der Waals surface area contributed by atoms with E-state index in [1.807, 2.05) is 12.1 Å². The summed E-state index contributed by atoms with van der Waals surface area (Å²) >= 11 is 0. The molecule has 76 heavy (non-hydrogen) atoms. The van der Waals surface area contributed by atoms with E-state index in [4.69, 9.17) is 29.7 Å². The fourth-order valence-corrected chi connectivity index (χ4v) is 12.4. The summed E-state index contributed by atoms with van der Waals surface area (Å²) in [4.78, 5) is 82.7. The van der Waals surface area contributed by atoms with Gasteiger partial charge < -0.3 is 60.4 Å². The molecule has 0 radical (unpaired) electrons. The molecule has 1 saturated heterocycles. The number of hydrogen-bond donors (Lipinski definition) is 8. The first kappa shape index (κ1) is 54.0. The van der Waals surface area contributed by atoms with Crippen LogP contribution >= 0.6 is 15.6 Å². The largest absolute Gasteiger partial charge is 0.481 e. The molecule has 24 nitrogen and oxygen atoms in total. The Balaban J connectivity index is 0.975. The average Bonchev–Trinajstić information content (AvgIpc) is 3.92. The average molecular weight is 1090 g/mol. The predicted molar refractivity (Wildman–Crippen MR) is 277 cm³/mol. The van der Waals surface area contributed by atoms with E-state index in [-0.39, 0.29) is 52.3 Å². The van der Waals surface area contributed by atoms with Gasteiger partial charge in [-0.25, -0.2) is 38.2 Å². The maximum absolute atomic E-state index is 13.8. The van der Waals surface area contributed by atoms with E-state index in [0.29, 0.717) is 33.4 Å². The molecule has 2 amide bonds. The number of alkyl carbamates (subject to hydrolysis) is 1. The summed E-state index contributed by atoms with van der Waals surface area (Å²) in [5.74, 6) is -0.841. The van der Waals surface area contributed by atoms with Crippen molar-refractivity contribution < 1.29 is 71.5 Å². The van der Waals surface area contributed by atoms with E-state index >= 15 is 0 Å². The Morgan fingerprint density at radius 2 is 1.62 bits per heavy atom. The van der Waals surface area contributed by atoms with Crippen LogP contribution in [-0.2, 0) is 27.4 Å². The lowest BCUT2D eigenvalue weighted by molar-refractivity contribution is -0.0522. The summed E-state index contributed by atoms with van der Waals surface area (Å²) in [6.07, 6.45) is -0.759. The number of carboxylic acids is 1. The van der Waals surface area contributed by atoms with Gasteiger partial charge in [0.2, 0.25) is 5.36 Å². The molecule has 0 bridgehead atoms. The number of aromatic carboxylic acids is 1. The Morgan fingerprint density at radius 3 is 2.32 bits per heavy atom. The number of imidazole rings is 1. The van der Waals surface area contributed by atoms with Gasteiger partial charge in [0.05, 0.1) is 30.1 Å². The highest BCUT2D eigenvalue weighted by atomic mass is 31.3. The summed E-state index contributed by atoms with van der Waals surface area (Å²) < 4.78 is 53.7. The molecule has 0 saturated carbocycles. The lowest BCUT2D eigenvalue weighted by Crippen LogP contribution is -2.49. The molecular formula is C50H58N9O15P2+. The number of phosphoric ester groups is 1. The first-order valence-electron chi connectivity index (χ1n) is 24.2. The fraction of sp³-hybridized carbons (Fsp3) is 0.380. The zero-order valence-electron chi connectivity index (χ0n) is 42.7. The summed E-state index contributed by atoms with van der Waals surface area (Å²) in [7, 11) is -10.9. The Kier molecular flexibility index (Phi) is 14.2. The molecule has 0 aliphatic carbocycles. The van der Waals surface area contributed by atoms with E-state index in [0.717, 1.165) is 52.7 Å². The number of nitrogens with zero attached hydrogens (tertiary/aromatic N) is 6. The van der Waals surface area contributed by atoms with Gasteiger partial charge in [-0.3, -0.25) is 13.9 Å². The van der Waals surface area contributed by atoms with Crippen molar-refractivity contribution in [2.75, 3.05) is 43.4 Å². The number of aliphatic hydroxyl groups is 1. The van der Waals surface area contributed by atoms with Crippen LogP contribution in [0.4, 0.5) is 16.3 Å². The quantitative estimate of drug-likeness (QED) is 0.0406. The molecule has 3 aromatic carbocycles. The van der Waals surface area contributed by atoms with Crippen LogP contribution in [0.25, 0.3) is 27.9 Å². The zero-order valence-corrected chi connectivity index (χ0v) is 44.5. The maximum atomic E-state index is 13.8. The van der Waals surface area contributed by atoms with E-state index in [9.17, 15) is 38.6 Å². The number of likely N-dealkylation sites (N-methyl/N-ethyl adjacent to an activating group) is 2. The maximum Gasteiger partial charge on any atom is 0.481 e. The van der Waals surface area contributed by atoms with Crippen molar-refractivity contribution in [2.45, 2.75) is 91.0 Å². The number of aliphatic hydroxyl groups excluding tert-OH is 1. The van der Waals surface area contributed by atoms with E-state index in [1.165, 1.54) is 23.0 Å². The normalized spacial score (nSPS) is 21.0. The van der Waals surface area contributed by atoms with Crippen LogP contribution in [0.3, 0.4) is 0 Å². The van der Waals surface area contributed by atoms with Gasteiger partial charge in [-0.1, -0.05) is 12.1 Å². The van der Waals surface area contributed by atoms with Gasteiger partial charge in [0.15, 0.2) is 29.3 Å². The van der Waals surface area contributed by atoms with Crippen LogP contribution in [0.2, 0.25) is 0 Å². The molecular weight excluding hydrogens is 1030 g/mol. The molecule has 402 valence electrons. The van der Waals surface area contributed by atoms with Crippen molar-refractivity contribution in [1.82, 2.24) is 34.7 Å². The number of fused-ring (bicyclic) bond motifs is 5. The highest BCUT2D eigenvalue weighted by Crippen LogP contribution is 2.58. The minimum Gasteiger partial charge on any atom is -0.478 e. The van der Waals surface area contributed by atoms with Crippen molar-refractivity contribution in [3.05, 3.63) is 111 Å². The lowest BCUT2D eigenvalue weighted by Gasteiger charge is -2.43. The Hall–Kier alpha value is -6.85. The van der Waals surface area contributed by atoms with Crippen LogP contribution in [0.5, 0.6) is 11.5 Å². The molecule has 5 aromatic rings. The van der Waals surface area contributed by atoms with Crippen molar-refractivity contribution in [3.63, 3.8) is 0 Å². The van der Waals surface area contributed by atoms with Crippen LogP contribution in [0.1, 0.15) is 105 Å². The SMILES string of the molecule is CCN1c2cc3c(cc2C(C)=CC1(C)C)C(c1ccc(C(=O)NCCNC(=O)O[C@@H]2[C@H](O)[C@@H](COP(=O)(O)OP(=O)(O)O)O[C@H]2n2cnc4c(N)ncnc42)cc1C(=O)O)=c1cc2c(cc1O3)=[N+](CC)C(C)(C)C=C2C. The van der Waals surface area contributed by atoms with Gasteiger partial charge in [0.1, 0.15) is 42.1 Å². The van der Waals surface area contributed by atoms with E-state index in [1.54, 1.807) is 6.07 Å². The minimum atomic E-state index is -5.49. The number of benzene rings is 3. The molecule has 9 N–H and O–H groups in total. The third-order valence-corrected chi connectivity index (χ3v) is 16.0. The van der Waals surface area contributed by atoms with Crippen molar-refractivity contribution in [3.8, 4) is 11.5 Å². The van der Waals surface area contributed by atoms with E-state index in [2.05, 4.69) is 124 Å². The number of carbonyl (C=O) groups is 3. The highest BCUT2D eigenvalue weighted by Gasteiger charge is 2.49. The number of carbonyl (C=O) groups excluding carboxylic acids is 2. The smallest absolute Gasteiger partial charge is 0.478 e. The second-order valence-corrected chi connectivity index (χ2v) is 22.6. The van der Waals surface area contributed by atoms with E-state index < -0.39 is 64.8 Å². The summed E-state index contributed by atoms with van der Waals surface area (Å²) in [6, 6.07) is 12.6. The molecule has 1 unspecified atom stereocenters. The summed E-state index contributed by atoms with van der Waals surface area (Å²) in [6.45, 7) is 17.0. The van der Waals surface area contributed by atoms with Crippen LogP contribution in [0, 0.1) is 0 Å². The van der Waals surface area contributed by atoms with Gasteiger partial charge in [-0.2, -0.15) is 4.31 Å². The summed E-state index contributed by atoms with van der Waals surface area (Å²) in [5.41, 5.74) is 12.2. The first-order chi connectivity index (χ1) is 35.7. The van der Waals surface area contributed by atoms with Crippen LogP contribution < -0.4 is 41.2 Å². The number of aromatic nitrogens is 4. The summed E-state index contributed by atoms with van der Waals surface area (Å²) in [5, 5.41) is 29.0. The molecule has 1 fully saturated rings. The Morgan fingerprint density at radius 1 is 0.895 bits per heavy atom. The molecule has 4 aliphatic heterocycles.